The third kappa shape index (κ3) is 4.45. The Labute approximate surface area is 110 Å². The Morgan fingerprint density at radius 2 is 2.06 bits per heavy atom. The van der Waals surface area contributed by atoms with Gasteiger partial charge in [-0.3, -0.25) is 14.7 Å². The van der Waals surface area contributed by atoms with Gasteiger partial charge in [-0.1, -0.05) is 13.3 Å². The maximum atomic E-state index is 12.1. The highest BCUT2D eigenvalue weighted by atomic mass is 16.2. The number of amides is 1. The molecule has 0 bridgehead atoms. The molecule has 0 aromatic carbocycles. The van der Waals surface area contributed by atoms with E-state index in [4.69, 9.17) is 0 Å². The number of carbonyl (C=O) groups excluding carboxylic acids is 1. The van der Waals surface area contributed by atoms with Crippen molar-refractivity contribution in [1.82, 2.24) is 9.88 Å². The SMILES string of the molecule is CCCCN(C)CC(=O)N(C)c1ccc(C)nc1. The number of likely N-dealkylation sites (N-methyl/N-ethyl adjacent to an activating group) is 2. The van der Waals surface area contributed by atoms with E-state index in [1.165, 1.54) is 0 Å². The highest BCUT2D eigenvalue weighted by Gasteiger charge is 2.13. The minimum atomic E-state index is 0.0965. The first-order valence-electron chi connectivity index (χ1n) is 6.42. The smallest absolute Gasteiger partial charge is 0.240 e. The van der Waals surface area contributed by atoms with Gasteiger partial charge in [-0.15, -0.1) is 0 Å². The molecule has 0 saturated carbocycles. The lowest BCUT2D eigenvalue weighted by Crippen LogP contribution is -2.37. The van der Waals surface area contributed by atoms with Gasteiger partial charge in [0.05, 0.1) is 18.4 Å². The summed E-state index contributed by atoms with van der Waals surface area (Å²) in [5.41, 5.74) is 1.80. The van der Waals surface area contributed by atoms with E-state index >= 15 is 0 Å². The average molecular weight is 249 g/mol. The molecule has 1 aromatic rings. The van der Waals surface area contributed by atoms with Crippen LogP contribution in [0.4, 0.5) is 5.69 Å². The number of aromatic nitrogens is 1. The van der Waals surface area contributed by atoms with Crippen molar-refractivity contribution in [3.63, 3.8) is 0 Å². The van der Waals surface area contributed by atoms with Crippen LogP contribution in [-0.4, -0.2) is 43.0 Å². The number of hydrogen-bond acceptors (Lipinski definition) is 3. The number of unbranched alkanes of at least 4 members (excludes halogenated alkanes) is 1. The lowest BCUT2D eigenvalue weighted by molar-refractivity contribution is -0.119. The summed E-state index contributed by atoms with van der Waals surface area (Å²) in [7, 11) is 3.77. The van der Waals surface area contributed by atoms with Crippen LogP contribution in [0.1, 0.15) is 25.5 Å². The van der Waals surface area contributed by atoms with Crippen LogP contribution in [0.3, 0.4) is 0 Å². The van der Waals surface area contributed by atoms with Gasteiger partial charge in [0.25, 0.3) is 0 Å². The fourth-order valence-electron chi connectivity index (χ4n) is 1.65. The van der Waals surface area contributed by atoms with Crippen LogP contribution in [0.15, 0.2) is 18.3 Å². The normalized spacial score (nSPS) is 10.7. The number of aryl methyl sites for hydroxylation is 1. The number of hydrogen-bond donors (Lipinski definition) is 0. The summed E-state index contributed by atoms with van der Waals surface area (Å²) in [6.07, 6.45) is 4.01. The Morgan fingerprint density at radius 1 is 1.33 bits per heavy atom. The molecule has 100 valence electrons. The van der Waals surface area contributed by atoms with Gasteiger partial charge in [-0.2, -0.15) is 0 Å². The zero-order chi connectivity index (χ0) is 13.5. The molecule has 0 aliphatic carbocycles. The molecule has 18 heavy (non-hydrogen) atoms. The van der Waals surface area contributed by atoms with E-state index in [0.29, 0.717) is 6.54 Å². The van der Waals surface area contributed by atoms with E-state index in [-0.39, 0.29) is 5.91 Å². The average Bonchev–Trinajstić information content (AvgIpc) is 2.36. The summed E-state index contributed by atoms with van der Waals surface area (Å²) in [6.45, 7) is 5.50. The first-order chi connectivity index (χ1) is 8.54. The number of carbonyl (C=O) groups is 1. The van der Waals surface area contributed by atoms with Crippen LogP contribution >= 0.6 is 0 Å². The van der Waals surface area contributed by atoms with Crippen LogP contribution in [0, 0.1) is 6.92 Å². The van der Waals surface area contributed by atoms with Crippen molar-refractivity contribution in [3.05, 3.63) is 24.0 Å². The van der Waals surface area contributed by atoms with Crippen molar-refractivity contribution >= 4 is 11.6 Å². The number of pyridine rings is 1. The second-order valence-corrected chi connectivity index (χ2v) is 4.70. The summed E-state index contributed by atoms with van der Waals surface area (Å²) >= 11 is 0. The largest absolute Gasteiger partial charge is 0.313 e. The fourth-order valence-corrected chi connectivity index (χ4v) is 1.65. The van der Waals surface area contributed by atoms with E-state index in [2.05, 4.69) is 16.8 Å². The minimum absolute atomic E-state index is 0.0965. The fraction of sp³-hybridized carbons (Fsp3) is 0.571. The van der Waals surface area contributed by atoms with Crippen molar-refractivity contribution < 1.29 is 4.79 Å². The van der Waals surface area contributed by atoms with Crippen molar-refractivity contribution in [1.29, 1.82) is 0 Å². The number of rotatable bonds is 6. The Bertz CT molecular complexity index is 375. The van der Waals surface area contributed by atoms with Crippen LogP contribution in [0.25, 0.3) is 0 Å². The number of anilines is 1. The quantitative estimate of drug-likeness (QED) is 0.774. The second-order valence-electron chi connectivity index (χ2n) is 4.70. The Kier molecular flexibility index (Phi) is 5.78. The van der Waals surface area contributed by atoms with Gasteiger partial charge < -0.3 is 4.90 Å². The Morgan fingerprint density at radius 3 is 2.61 bits per heavy atom. The van der Waals surface area contributed by atoms with Gasteiger partial charge in [0, 0.05) is 12.7 Å². The third-order valence-corrected chi connectivity index (χ3v) is 2.96. The Hall–Kier alpha value is -1.42. The van der Waals surface area contributed by atoms with Gasteiger partial charge in [0.15, 0.2) is 0 Å². The molecule has 0 aliphatic heterocycles. The topological polar surface area (TPSA) is 36.4 Å². The van der Waals surface area contributed by atoms with E-state index in [1.807, 2.05) is 26.1 Å². The maximum absolute atomic E-state index is 12.1. The van der Waals surface area contributed by atoms with Crippen LogP contribution in [-0.2, 0) is 4.79 Å². The highest BCUT2D eigenvalue weighted by Crippen LogP contribution is 2.11. The van der Waals surface area contributed by atoms with Crippen molar-refractivity contribution in [2.45, 2.75) is 26.7 Å². The molecule has 0 spiro atoms. The lowest BCUT2D eigenvalue weighted by Gasteiger charge is -2.21. The van der Waals surface area contributed by atoms with E-state index in [9.17, 15) is 4.79 Å². The van der Waals surface area contributed by atoms with Crippen LogP contribution in [0.5, 0.6) is 0 Å². The molecule has 0 fully saturated rings. The molecule has 4 nitrogen and oxygen atoms in total. The maximum Gasteiger partial charge on any atom is 0.240 e. The molecular weight excluding hydrogens is 226 g/mol. The molecule has 0 N–H and O–H groups in total. The first kappa shape index (κ1) is 14.6. The third-order valence-electron chi connectivity index (χ3n) is 2.96. The second kappa shape index (κ2) is 7.11. The molecule has 0 atom stereocenters. The molecule has 1 aromatic heterocycles. The molecule has 1 amide bonds. The van der Waals surface area contributed by atoms with Crippen molar-refractivity contribution in [3.8, 4) is 0 Å². The zero-order valence-electron chi connectivity index (χ0n) is 11.8. The monoisotopic (exact) mass is 249 g/mol. The van der Waals surface area contributed by atoms with Crippen LogP contribution in [0.2, 0.25) is 0 Å². The van der Waals surface area contributed by atoms with Crippen LogP contribution < -0.4 is 4.90 Å². The molecule has 0 aliphatic rings. The van der Waals surface area contributed by atoms with Gasteiger partial charge in [-0.05, 0) is 39.1 Å². The predicted octanol–water partition coefficient (Wildman–Crippen LogP) is 2.08. The zero-order valence-corrected chi connectivity index (χ0v) is 11.8. The van der Waals surface area contributed by atoms with Gasteiger partial charge in [-0.25, -0.2) is 0 Å². The molecule has 1 heterocycles. The highest BCUT2D eigenvalue weighted by molar-refractivity contribution is 5.94. The van der Waals surface area contributed by atoms with E-state index < -0.39 is 0 Å². The first-order valence-corrected chi connectivity index (χ1v) is 6.42. The van der Waals surface area contributed by atoms with Gasteiger partial charge in [0.2, 0.25) is 5.91 Å². The van der Waals surface area contributed by atoms with E-state index in [0.717, 1.165) is 30.8 Å². The summed E-state index contributed by atoms with van der Waals surface area (Å²) in [6, 6.07) is 3.84. The molecule has 1 rings (SSSR count). The van der Waals surface area contributed by atoms with E-state index in [1.54, 1.807) is 18.1 Å². The standard InChI is InChI=1S/C14H23N3O/c1-5-6-9-16(3)11-14(18)17(4)13-8-7-12(2)15-10-13/h7-8,10H,5-6,9,11H2,1-4H3. The Balaban J connectivity index is 2.53. The van der Waals surface area contributed by atoms with Gasteiger partial charge in [0.1, 0.15) is 0 Å². The summed E-state index contributed by atoms with van der Waals surface area (Å²) < 4.78 is 0. The summed E-state index contributed by atoms with van der Waals surface area (Å²) in [5.74, 6) is 0.0965. The van der Waals surface area contributed by atoms with Crippen molar-refractivity contribution in [2.75, 3.05) is 32.1 Å². The molecule has 4 heteroatoms. The molecule has 0 saturated heterocycles. The van der Waals surface area contributed by atoms with Gasteiger partial charge >= 0.3 is 0 Å². The number of nitrogens with zero attached hydrogens (tertiary/aromatic N) is 3. The van der Waals surface area contributed by atoms with Crippen molar-refractivity contribution in [2.24, 2.45) is 0 Å². The summed E-state index contributed by atoms with van der Waals surface area (Å²) in [5, 5.41) is 0. The molecular formula is C14H23N3O. The molecule has 0 unspecified atom stereocenters. The minimum Gasteiger partial charge on any atom is -0.313 e. The molecule has 0 radical (unpaired) electrons. The summed E-state index contributed by atoms with van der Waals surface area (Å²) in [4.78, 5) is 20.0. The lowest BCUT2D eigenvalue weighted by atomic mass is 10.3. The predicted molar refractivity (Wildman–Crippen MR) is 74.8 cm³/mol.